The first-order valence-electron chi connectivity index (χ1n) is 8.50. The molecule has 2 heterocycles. The fourth-order valence-electron chi connectivity index (χ4n) is 3.50. The molecular formula is C18H19N5O2. The summed E-state index contributed by atoms with van der Waals surface area (Å²) in [5.41, 5.74) is 0.973. The molecule has 0 aliphatic heterocycles. The summed E-state index contributed by atoms with van der Waals surface area (Å²) in [6.07, 6.45) is 7.23. The number of amides is 1. The van der Waals surface area contributed by atoms with Gasteiger partial charge >= 0.3 is 0 Å². The summed E-state index contributed by atoms with van der Waals surface area (Å²) in [4.78, 5) is 27.3. The Morgan fingerprint density at radius 2 is 1.88 bits per heavy atom. The van der Waals surface area contributed by atoms with Crippen molar-refractivity contribution in [3.05, 3.63) is 59.3 Å². The van der Waals surface area contributed by atoms with Crippen molar-refractivity contribution in [2.75, 3.05) is 4.90 Å². The summed E-state index contributed by atoms with van der Waals surface area (Å²) >= 11 is 0. The first-order valence-corrected chi connectivity index (χ1v) is 8.50. The van der Waals surface area contributed by atoms with Crippen LogP contribution in [0.4, 0.5) is 5.69 Å². The van der Waals surface area contributed by atoms with Gasteiger partial charge in [-0.05, 0) is 31.0 Å². The molecule has 1 aliphatic carbocycles. The van der Waals surface area contributed by atoms with Crippen LogP contribution in [0.25, 0.3) is 5.52 Å². The van der Waals surface area contributed by atoms with E-state index in [2.05, 4.69) is 10.2 Å². The molecule has 0 bridgehead atoms. The number of hydrogen-bond donors (Lipinski definition) is 0. The highest BCUT2D eigenvalue weighted by Crippen LogP contribution is 2.28. The average Bonchev–Trinajstić information content (AvgIpc) is 3.31. The highest BCUT2D eigenvalue weighted by atomic mass is 16.2. The molecule has 1 fully saturated rings. The zero-order chi connectivity index (χ0) is 17.2. The fraction of sp³-hybridized carbons (Fsp3) is 0.333. The lowest BCUT2D eigenvalue weighted by Crippen LogP contribution is -2.43. The van der Waals surface area contributed by atoms with Gasteiger partial charge in [-0.25, -0.2) is 9.20 Å². The third-order valence-electron chi connectivity index (χ3n) is 4.70. The highest BCUT2D eigenvalue weighted by Gasteiger charge is 2.28. The van der Waals surface area contributed by atoms with Crippen LogP contribution in [0.1, 0.15) is 25.7 Å². The Kier molecular flexibility index (Phi) is 4.05. The fourth-order valence-corrected chi connectivity index (χ4v) is 3.50. The van der Waals surface area contributed by atoms with Crippen LogP contribution in [0, 0.1) is 0 Å². The number of benzene rings is 1. The van der Waals surface area contributed by atoms with Crippen LogP contribution in [-0.2, 0) is 11.3 Å². The number of carbonyl (C=O) groups excluding carboxylic acids is 1. The van der Waals surface area contributed by atoms with E-state index in [0.717, 1.165) is 31.4 Å². The van der Waals surface area contributed by atoms with Crippen molar-refractivity contribution in [1.29, 1.82) is 0 Å². The maximum absolute atomic E-state index is 13.0. The van der Waals surface area contributed by atoms with E-state index in [1.807, 2.05) is 35.2 Å². The van der Waals surface area contributed by atoms with E-state index in [1.54, 1.807) is 12.3 Å². The van der Waals surface area contributed by atoms with Gasteiger partial charge in [-0.3, -0.25) is 9.59 Å². The molecule has 1 aromatic carbocycles. The number of aromatic nitrogens is 4. The number of rotatable bonds is 4. The van der Waals surface area contributed by atoms with Gasteiger partial charge in [0.05, 0.1) is 6.20 Å². The second-order valence-corrected chi connectivity index (χ2v) is 6.29. The zero-order valence-electron chi connectivity index (χ0n) is 13.8. The number of para-hydroxylation sites is 1. The molecular weight excluding hydrogens is 318 g/mol. The maximum atomic E-state index is 13.0. The van der Waals surface area contributed by atoms with Crippen molar-refractivity contribution in [2.24, 2.45) is 0 Å². The first-order chi connectivity index (χ1) is 12.2. The predicted molar refractivity (Wildman–Crippen MR) is 93.4 cm³/mol. The SMILES string of the molecule is O=C(Cn1ncn2nccc2c1=O)N(c1ccccc1)C1CCCC1. The molecule has 0 spiro atoms. The molecule has 1 saturated carbocycles. The number of carbonyl (C=O) groups is 1. The van der Waals surface area contributed by atoms with Crippen molar-refractivity contribution in [3.8, 4) is 0 Å². The molecule has 7 nitrogen and oxygen atoms in total. The predicted octanol–water partition coefficient (Wildman–Crippen LogP) is 1.87. The molecule has 2 aromatic heterocycles. The van der Waals surface area contributed by atoms with E-state index in [1.165, 1.54) is 15.5 Å². The van der Waals surface area contributed by atoms with Crippen molar-refractivity contribution in [3.63, 3.8) is 0 Å². The minimum absolute atomic E-state index is 0.0775. The third-order valence-corrected chi connectivity index (χ3v) is 4.70. The normalized spacial score (nSPS) is 14.9. The van der Waals surface area contributed by atoms with E-state index < -0.39 is 0 Å². The molecule has 7 heteroatoms. The van der Waals surface area contributed by atoms with Crippen LogP contribution in [-0.4, -0.2) is 31.3 Å². The minimum atomic E-state index is -0.312. The molecule has 3 aromatic rings. The number of anilines is 1. The van der Waals surface area contributed by atoms with E-state index >= 15 is 0 Å². The largest absolute Gasteiger partial charge is 0.308 e. The van der Waals surface area contributed by atoms with E-state index in [0.29, 0.717) is 5.52 Å². The Hall–Kier alpha value is -2.96. The summed E-state index contributed by atoms with van der Waals surface area (Å²) in [6, 6.07) is 11.5. The second-order valence-electron chi connectivity index (χ2n) is 6.29. The van der Waals surface area contributed by atoms with Crippen LogP contribution in [0.15, 0.2) is 53.7 Å². The number of fused-ring (bicyclic) bond motifs is 1. The monoisotopic (exact) mass is 337 g/mol. The van der Waals surface area contributed by atoms with Gasteiger partial charge in [0.2, 0.25) is 5.91 Å². The van der Waals surface area contributed by atoms with Crippen molar-refractivity contribution < 1.29 is 4.79 Å². The lowest BCUT2D eigenvalue weighted by molar-refractivity contribution is -0.119. The van der Waals surface area contributed by atoms with Gasteiger partial charge in [0.15, 0.2) is 0 Å². The molecule has 25 heavy (non-hydrogen) atoms. The third kappa shape index (κ3) is 2.93. The quantitative estimate of drug-likeness (QED) is 0.728. The summed E-state index contributed by atoms with van der Waals surface area (Å²) in [5, 5.41) is 8.07. The Morgan fingerprint density at radius 3 is 2.64 bits per heavy atom. The first kappa shape index (κ1) is 15.6. The summed E-state index contributed by atoms with van der Waals surface area (Å²) in [6.45, 7) is -0.0775. The van der Waals surface area contributed by atoms with E-state index in [9.17, 15) is 9.59 Å². The molecule has 128 valence electrons. The minimum Gasteiger partial charge on any atom is -0.308 e. The van der Waals surface area contributed by atoms with Crippen molar-refractivity contribution in [2.45, 2.75) is 38.3 Å². The van der Waals surface area contributed by atoms with Crippen LogP contribution >= 0.6 is 0 Å². The zero-order valence-corrected chi connectivity index (χ0v) is 13.8. The van der Waals surface area contributed by atoms with Gasteiger partial charge in [-0.15, -0.1) is 0 Å². The molecule has 0 unspecified atom stereocenters. The van der Waals surface area contributed by atoms with Crippen LogP contribution in [0.5, 0.6) is 0 Å². The van der Waals surface area contributed by atoms with Crippen LogP contribution < -0.4 is 10.5 Å². The van der Waals surface area contributed by atoms with Crippen LogP contribution in [0.2, 0.25) is 0 Å². The molecule has 0 saturated heterocycles. The van der Waals surface area contributed by atoms with Gasteiger partial charge in [-0.1, -0.05) is 31.0 Å². The second kappa shape index (κ2) is 6.51. The number of nitrogens with zero attached hydrogens (tertiary/aromatic N) is 5. The summed E-state index contributed by atoms with van der Waals surface area (Å²) in [5.74, 6) is -0.114. The van der Waals surface area contributed by atoms with Crippen molar-refractivity contribution >= 4 is 17.1 Å². The average molecular weight is 337 g/mol. The Morgan fingerprint density at radius 1 is 1.12 bits per heavy atom. The topological polar surface area (TPSA) is 72.5 Å². The maximum Gasteiger partial charge on any atom is 0.293 e. The molecule has 0 radical (unpaired) electrons. The molecule has 4 rings (SSSR count). The number of hydrogen-bond acceptors (Lipinski definition) is 4. The molecule has 0 N–H and O–H groups in total. The van der Waals surface area contributed by atoms with Gasteiger partial charge in [0.1, 0.15) is 18.4 Å². The standard InChI is InChI=1S/C18H19N5O2/c24-17(12-21-18(25)16-10-11-19-22(16)13-20-21)23(15-8-4-5-9-15)14-6-2-1-3-7-14/h1-3,6-7,10-11,13,15H,4-5,8-9,12H2. The highest BCUT2D eigenvalue weighted by molar-refractivity contribution is 5.93. The smallest absolute Gasteiger partial charge is 0.293 e. The van der Waals surface area contributed by atoms with E-state index in [4.69, 9.17) is 0 Å². The molecule has 1 amide bonds. The Labute approximate surface area is 144 Å². The van der Waals surface area contributed by atoms with E-state index in [-0.39, 0.29) is 24.1 Å². The van der Waals surface area contributed by atoms with Gasteiger partial charge in [-0.2, -0.15) is 10.2 Å². The van der Waals surface area contributed by atoms with Gasteiger partial charge in [0, 0.05) is 11.7 Å². The lowest BCUT2D eigenvalue weighted by atomic mass is 10.1. The Balaban J connectivity index is 1.66. The van der Waals surface area contributed by atoms with Gasteiger partial charge < -0.3 is 4.90 Å². The summed E-state index contributed by atoms with van der Waals surface area (Å²) in [7, 11) is 0. The van der Waals surface area contributed by atoms with Gasteiger partial charge in [0.25, 0.3) is 5.56 Å². The van der Waals surface area contributed by atoms with Crippen LogP contribution in [0.3, 0.4) is 0 Å². The Bertz CT molecular complexity index is 941. The van der Waals surface area contributed by atoms with Crippen molar-refractivity contribution in [1.82, 2.24) is 19.4 Å². The summed E-state index contributed by atoms with van der Waals surface area (Å²) < 4.78 is 2.62. The molecule has 0 atom stereocenters. The molecule has 1 aliphatic rings. The lowest BCUT2D eigenvalue weighted by Gasteiger charge is -2.29.